The van der Waals surface area contributed by atoms with Crippen molar-refractivity contribution in [3.8, 4) is 11.5 Å². The van der Waals surface area contributed by atoms with Crippen LogP contribution < -0.4 is 15.0 Å². The number of carboxylic acid groups (broad SMARTS) is 4. The van der Waals surface area contributed by atoms with Crippen LogP contribution in [-0.4, -0.2) is 62.5 Å². The molecular weight excluding hydrogens is 891 g/mol. The van der Waals surface area contributed by atoms with Crippen LogP contribution in [0.25, 0.3) is 0 Å². The molecule has 0 fully saturated rings. The van der Waals surface area contributed by atoms with Gasteiger partial charge in [-0.3, -0.25) is 4.79 Å². The van der Waals surface area contributed by atoms with Crippen LogP contribution in [0.4, 0.5) is 5.69 Å². The normalized spacial score (nSPS) is 11.3. The Hall–Kier alpha value is -6.63. The summed E-state index contributed by atoms with van der Waals surface area (Å²) >= 11 is 0. The first-order valence-corrected chi connectivity index (χ1v) is 24.6. The van der Waals surface area contributed by atoms with E-state index >= 15 is 0 Å². The van der Waals surface area contributed by atoms with Crippen LogP contribution in [0.1, 0.15) is 172 Å². The highest BCUT2D eigenvalue weighted by atomic mass is 16.7. The predicted octanol–water partition coefficient (Wildman–Crippen LogP) is 14.1. The summed E-state index contributed by atoms with van der Waals surface area (Å²) in [6.45, 7) is 15.5. The fourth-order valence-corrected chi connectivity index (χ4v) is 6.83. The van der Waals surface area contributed by atoms with E-state index in [-0.39, 0.29) is 5.56 Å². The van der Waals surface area contributed by atoms with E-state index in [1.165, 1.54) is 82.8 Å². The molecule has 2 atom stereocenters. The van der Waals surface area contributed by atoms with E-state index in [1.54, 1.807) is 44.2 Å². The highest BCUT2D eigenvalue weighted by molar-refractivity contribution is 5.89. The molecular formula is C57H79NO12. The Bertz CT molecular complexity index is 2200. The van der Waals surface area contributed by atoms with Crippen molar-refractivity contribution in [3.05, 3.63) is 136 Å². The molecule has 0 radical (unpaired) electrons. The Morgan fingerprint density at radius 1 is 0.543 bits per heavy atom. The molecule has 5 N–H and O–H groups in total. The van der Waals surface area contributed by atoms with Gasteiger partial charge in [0.25, 0.3) is 0 Å². The minimum Gasteiger partial charge on any atom is -0.481 e. The van der Waals surface area contributed by atoms with Gasteiger partial charge in [-0.05, 0) is 133 Å². The van der Waals surface area contributed by atoms with Gasteiger partial charge in [0.1, 0.15) is 11.5 Å². The van der Waals surface area contributed by atoms with Crippen molar-refractivity contribution in [1.82, 2.24) is 0 Å². The second kappa shape index (κ2) is 36.4. The van der Waals surface area contributed by atoms with Gasteiger partial charge < -0.3 is 34.7 Å². The molecule has 0 saturated carbocycles. The van der Waals surface area contributed by atoms with Gasteiger partial charge in [0.2, 0.25) is 0 Å². The number of hydrogen-bond acceptors (Lipinski definition) is 9. The number of aryl methyl sites for hydroxylation is 5. The van der Waals surface area contributed by atoms with Crippen molar-refractivity contribution in [2.45, 2.75) is 170 Å². The lowest BCUT2D eigenvalue weighted by molar-refractivity contribution is -0.149. The number of anilines is 1. The first kappa shape index (κ1) is 61.4. The summed E-state index contributed by atoms with van der Waals surface area (Å²) in [7, 11) is 0. The maximum atomic E-state index is 12.2. The maximum Gasteiger partial charge on any atom is 0.372 e. The Morgan fingerprint density at radius 2 is 1.06 bits per heavy atom. The summed E-state index contributed by atoms with van der Waals surface area (Å²) < 4.78 is 11.2. The van der Waals surface area contributed by atoms with Gasteiger partial charge in [-0.1, -0.05) is 144 Å². The van der Waals surface area contributed by atoms with E-state index in [0.717, 1.165) is 40.7 Å². The molecule has 0 aliphatic carbocycles. The van der Waals surface area contributed by atoms with Crippen LogP contribution in [0.2, 0.25) is 0 Å². The number of rotatable bonds is 27. The van der Waals surface area contributed by atoms with Gasteiger partial charge in [0.15, 0.2) is 12.2 Å². The standard InChI is InChI=1S/C19H21NO5.C18H34O2.C12H16O3.C8H8O2/c1-4-16(24-17-9-8-12(2)10-13(17)3)19(23)25-20-15-7-5-6-14(11-15)18(21)22;1-2-3-4-5-6-7-8-9-10-11-12-13-14-15-16-17-18(19)20;1-4-10(12(13)14)15-11-6-5-8(2)7-9(11)3;1-6-4-2-3-5-7(6)8(9)10/h5-11,16,20H,4H2,1-3H3,(H,21,22);9-10H,2-8,11-17H2,1H3,(H,19,20);5-7,10H,4H2,1-3H3,(H,13,14);2-5H,1H3,(H,9,10)/b;10-9+;;. The smallest absolute Gasteiger partial charge is 0.372 e. The number of unbranched alkanes of at least 4 members (excludes halogenated alkanes) is 11. The van der Waals surface area contributed by atoms with E-state index in [4.69, 9.17) is 34.7 Å². The molecule has 70 heavy (non-hydrogen) atoms. The third-order valence-electron chi connectivity index (χ3n) is 10.9. The van der Waals surface area contributed by atoms with Crippen molar-refractivity contribution in [1.29, 1.82) is 0 Å². The highest BCUT2D eigenvalue weighted by Crippen LogP contribution is 2.23. The third kappa shape index (κ3) is 27.4. The lowest BCUT2D eigenvalue weighted by Gasteiger charge is -2.18. The number of ether oxygens (including phenoxy) is 2. The second-order valence-electron chi connectivity index (χ2n) is 17.2. The molecule has 13 nitrogen and oxygen atoms in total. The number of allylic oxidation sites excluding steroid dienone is 2. The number of aliphatic carboxylic acids is 2. The van der Waals surface area contributed by atoms with E-state index in [9.17, 15) is 24.0 Å². The van der Waals surface area contributed by atoms with E-state index in [1.807, 2.05) is 77.1 Å². The zero-order valence-corrected chi connectivity index (χ0v) is 42.8. The average molecular weight is 970 g/mol. The van der Waals surface area contributed by atoms with E-state index in [2.05, 4.69) is 24.6 Å². The Morgan fingerprint density at radius 3 is 1.51 bits per heavy atom. The van der Waals surface area contributed by atoms with Gasteiger partial charge in [-0.15, -0.1) is 0 Å². The molecule has 4 aromatic carbocycles. The molecule has 2 unspecified atom stereocenters. The summed E-state index contributed by atoms with van der Waals surface area (Å²) in [6.07, 6.45) is 20.6. The van der Waals surface area contributed by atoms with E-state index in [0.29, 0.717) is 42.0 Å². The summed E-state index contributed by atoms with van der Waals surface area (Å²) in [5.74, 6) is -2.81. The lowest BCUT2D eigenvalue weighted by Crippen LogP contribution is -2.30. The minimum absolute atomic E-state index is 0.0969. The summed E-state index contributed by atoms with van der Waals surface area (Å²) in [5.41, 5.74) is 8.28. The zero-order valence-electron chi connectivity index (χ0n) is 42.8. The van der Waals surface area contributed by atoms with Crippen LogP contribution in [0.3, 0.4) is 0 Å². The van der Waals surface area contributed by atoms with Gasteiger partial charge in [0, 0.05) is 6.42 Å². The van der Waals surface area contributed by atoms with Crippen LogP contribution in [0.5, 0.6) is 11.5 Å². The minimum atomic E-state index is -1.06. The number of benzene rings is 4. The SMILES string of the molecule is CCC(Oc1ccc(C)cc1C)C(=O)O.CCC(Oc1ccc(C)cc1C)C(=O)ONc1cccc(C(=O)O)c1.CCCCCCCC/C=C/CCCCCCCC(=O)O.Cc1ccccc1C(=O)O. The van der Waals surface area contributed by atoms with Crippen molar-refractivity contribution >= 4 is 35.5 Å². The fraction of sp³-hybridized carbons (Fsp3) is 0.456. The van der Waals surface area contributed by atoms with Crippen LogP contribution >= 0.6 is 0 Å². The summed E-state index contributed by atoms with van der Waals surface area (Å²) in [6, 6.07) is 24.3. The van der Waals surface area contributed by atoms with Crippen LogP contribution in [0.15, 0.2) is 97.1 Å². The molecule has 0 aliphatic rings. The molecule has 4 aromatic rings. The van der Waals surface area contributed by atoms with Crippen LogP contribution in [0, 0.1) is 34.6 Å². The van der Waals surface area contributed by atoms with Gasteiger partial charge in [0.05, 0.1) is 16.8 Å². The Kier molecular flexibility index (Phi) is 31.9. The Balaban J connectivity index is 0.000000489. The van der Waals surface area contributed by atoms with Crippen LogP contribution in [-0.2, 0) is 19.2 Å². The Labute approximate surface area is 416 Å². The number of carboxylic acids is 4. The van der Waals surface area contributed by atoms with Crippen molar-refractivity contribution < 1.29 is 58.7 Å². The van der Waals surface area contributed by atoms with Crippen molar-refractivity contribution in [3.63, 3.8) is 0 Å². The highest BCUT2D eigenvalue weighted by Gasteiger charge is 2.22. The number of carbonyl (C=O) groups excluding carboxylic acids is 1. The number of hydrogen-bond donors (Lipinski definition) is 5. The number of carbonyl (C=O) groups is 5. The summed E-state index contributed by atoms with van der Waals surface area (Å²) in [4.78, 5) is 59.8. The predicted molar refractivity (Wildman–Crippen MR) is 277 cm³/mol. The van der Waals surface area contributed by atoms with Gasteiger partial charge in [-0.2, -0.15) is 0 Å². The van der Waals surface area contributed by atoms with E-state index < -0.39 is 42.1 Å². The fourth-order valence-electron chi connectivity index (χ4n) is 6.83. The third-order valence-corrected chi connectivity index (χ3v) is 10.9. The summed E-state index contributed by atoms with van der Waals surface area (Å²) in [5, 5.41) is 34.9. The van der Waals surface area contributed by atoms with Crippen molar-refractivity contribution in [2.24, 2.45) is 0 Å². The van der Waals surface area contributed by atoms with Gasteiger partial charge >= 0.3 is 29.8 Å². The first-order valence-electron chi connectivity index (χ1n) is 24.6. The molecule has 4 rings (SSSR count). The number of aromatic carboxylic acids is 2. The van der Waals surface area contributed by atoms with Gasteiger partial charge in [-0.25, -0.2) is 24.7 Å². The topological polar surface area (TPSA) is 206 Å². The maximum absolute atomic E-state index is 12.2. The first-order chi connectivity index (χ1) is 33.4. The monoisotopic (exact) mass is 970 g/mol. The average Bonchev–Trinajstić information content (AvgIpc) is 3.32. The largest absolute Gasteiger partial charge is 0.481 e. The zero-order chi connectivity index (χ0) is 52.3. The molecule has 384 valence electrons. The second-order valence-corrected chi connectivity index (χ2v) is 17.2. The molecule has 0 aromatic heterocycles. The molecule has 0 spiro atoms. The molecule has 0 heterocycles. The molecule has 0 amide bonds. The lowest BCUT2D eigenvalue weighted by atomic mass is 10.1. The number of nitrogens with one attached hydrogen (secondary N) is 1. The quantitative estimate of drug-likeness (QED) is 0.0214. The molecule has 0 saturated heterocycles. The molecule has 0 bridgehead atoms. The molecule has 0 aliphatic heterocycles. The van der Waals surface area contributed by atoms with Crippen molar-refractivity contribution in [2.75, 3.05) is 5.48 Å². The molecule has 13 heteroatoms.